The SMILES string of the molecule is CNC(=O)OC(C)(C)C.CSCCCC(=O)O. The number of carbonyl (C=O) groups is 2. The molecule has 0 rings (SSSR count). The number of nitrogens with one attached hydrogen (secondary N) is 1. The summed E-state index contributed by atoms with van der Waals surface area (Å²) in [7, 11) is 1.54. The Morgan fingerprint density at radius 2 is 1.88 bits per heavy atom. The number of thioether (sulfide) groups is 1. The molecule has 0 aromatic heterocycles. The van der Waals surface area contributed by atoms with Gasteiger partial charge in [0.1, 0.15) is 5.60 Å². The molecule has 0 bridgehead atoms. The molecular formula is C11H23NO4S. The standard InChI is InChI=1S/C6H13NO2.C5H10O2S/c1-6(2,3)9-5(8)7-4;1-8-4-2-3-5(6)7/h1-4H3,(H,7,8);2-4H2,1H3,(H,6,7). The van der Waals surface area contributed by atoms with Gasteiger partial charge in [0.2, 0.25) is 0 Å². The summed E-state index contributed by atoms with van der Waals surface area (Å²) < 4.78 is 4.84. The number of carboxylic acids is 1. The zero-order chi connectivity index (χ0) is 13.9. The summed E-state index contributed by atoms with van der Waals surface area (Å²) in [5.41, 5.74) is -0.389. The topological polar surface area (TPSA) is 75.6 Å². The Hall–Kier alpha value is -0.910. The first-order valence-corrected chi connectivity index (χ1v) is 6.73. The van der Waals surface area contributed by atoms with E-state index < -0.39 is 5.97 Å². The van der Waals surface area contributed by atoms with Crippen LogP contribution in [0.25, 0.3) is 0 Å². The number of carboxylic acid groups (broad SMARTS) is 1. The van der Waals surface area contributed by atoms with Gasteiger partial charge in [-0.2, -0.15) is 11.8 Å². The largest absolute Gasteiger partial charge is 0.481 e. The fourth-order valence-electron chi connectivity index (χ4n) is 0.697. The van der Waals surface area contributed by atoms with Gasteiger partial charge in [0, 0.05) is 13.5 Å². The molecule has 0 spiro atoms. The van der Waals surface area contributed by atoms with Crippen molar-refractivity contribution >= 4 is 23.8 Å². The maximum Gasteiger partial charge on any atom is 0.407 e. The van der Waals surface area contributed by atoms with Crippen LogP contribution in [0, 0.1) is 0 Å². The molecule has 0 radical (unpaired) electrons. The average molecular weight is 265 g/mol. The molecule has 0 aromatic rings. The zero-order valence-electron chi connectivity index (χ0n) is 11.2. The summed E-state index contributed by atoms with van der Waals surface area (Å²) in [5, 5.41) is 10.5. The molecule has 5 nitrogen and oxygen atoms in total. The van der Waals surface area contributed by atoms with Crippen molar-refractivity contribution in [3.63, 3.8) is 0 Å². The highest BCUT2D eigenvalue weighted by molar-refractivity contribution is 7.98. The Kier molecular flexibility index (Phi) is 11.1. The highest BCUT2D eigenvalue weighted by atomic mass is 32.2. The minimum absolute atomic E-state index is 0.306. The van der Waals surface area contributed by atoms with Gasteiger partial charge in [0.05, 0.1) is 0 Å². The van der Waals surface area contributed by atoms with Gasteiger partial charge in [-0.1, -0.05) is 0 Å². The van der Waals surface area contributed by atoms with E-state index in [1.807, 2.05) is 27.0 Å². The van der Waals surface area contributed by atoms with E-state index in [1.165, 1.54) is 7.05 Å². The summed E-state index contributed by atoms with van der Waals surface area (Å²) in [6.07, 6.45) is 2.68. The number of carbonyl (C=O) groups excluding carboxylic acids is 1. The highest BCUT2D eigenvalue weighted by Gasteiger charge is 2.13. The number of alkyl carbamates (subject to hydrolysis) is 1. The van der Waals surface area contributed by atoms with Crippen molar-refractivity contribution in [3.05, 3.63) is 0 Å². The lowest BCUT2D eigenvalue weighted by atomic mass is 10.2. The van der Waals surface area contributed by atoms with Crippen LogP contribution in [-0.2, 0) is 9.53 Å². The van der Waals surface area contributed by atoms with Gasteiger partial charge < -0.3 is 15.2 Å². The maximum atomic E-state index is 10.5. The quantitative estimate of drug-likeness (QED) is 0.763. The smallest absolute Gasteiger partial charge is 0.407 e. The van der Waals surface area contributed by atoms with Crippen molar-refractivity contribution in [1.29, 1.82) is 0 Å². The van der Waals surface area contributed by atoms with Gasteiger partial charge in [-0.25, -0.2) is 4.79 Å². The minimum Gasteiger partial charge on any atom is -0.481 e. The van der Waals surface area contributed by atoms with E-state index >= 15 is 0 Å². The van der Waals surface area contributed by atoms with Crippen LogP contribution in [0.15, 0.2) is 0 Å². The normalized spacial score (nSPS) is 9.94. The fourth-order valence-corrected chi connectivity index (χ4v) is 1.13. The van der Waals surface area contributed by atoms with Crippen molar-refractivity contribution in [2.75, 3.05) is 19.1 Å². The summed E-state index contributed by atoms with van der Waals surface area (Å²) in [5.74, 6) is 0.255. The third-order valence-corrected chi connectivity index (χ3v) is 2.04. The van der Waals surface area contributed by atoms with Crippen molar-refractivity contribution < 1.29 is 19.4 Å². The molecular weight excluding hydrogens is 242 g/mol. The molecule has 0 fully saturated rings. The van der Waals surface area contributed by atoms with Gasteiger partial charge in [-0.15, -0.1) is 0 Å². The molecule has 17 heavy (non-hydrogen) atoms. The molecule has 0 unspecified atom stereocenters. The number of rotatable bonds is 4. The lowest BCUT2D eigenvalue weighted by Gasteiger charge is -2.18. The first kappa shape index (κ1) is 18.5. The van der Waals surface area contributed by atoms with E-state index in [1.54, 1.807) is 11.8 Å². The van der Waals surface area contributed by atoms with Crippen molar-refractivity contribution in [2.24, 2.45) is 0 Å². The lowest BCUT2D eigenvalue weighted by Crippen LogP contribution is -2.30. The fraction of sp³-hybridized carbons (Fsp3) is 0.818. The molecule has 2 N–H and O–H groups in total. The van der Waals surface area contributed by atoms with Crippen LogP contribution < -0.4 is 5.32 Å². The Balaban J connectivity index is 0. The van der Waals surface area contributed by atoms with Crippen molar-refractivity contribution in [1.82, 2.24) is 5.32 Å². The second-order valence-corrected chi connectivity index (χ2v) is 5.23. The molecule has 0 aliphatic heterocycles. The van der Waals surface area contributed by atoms with Crippen LogP contribution in [0.2, 0.25) is 0 Å². The zero-order valence-corrected chi connectivity index (χ0v) is 12.0. The maximum absolute atomic E-state index is 10.5. The van der Waals surface area contributed by atoms with E-state index in [4.69, 9.17) is 9.84 Å². The molecule has 102 valence electrons. The van der Waals surface area contributed by atoms with E-state index in [9.17, 15) is 9.59 Å². The third-order valence-electron chi connectivity index (χ3n) is 1.34. The summed E-state index contributed by atoms with van der Waals surface area (Å²) in [4.78, 5) is 20.4. The summed E-state index contributed by atoms with van der Waals surface area (Å²) in [6, 6.07) is 0. The molecule has 0 heterocycles. The van der Waals surface area contributed by atoms with E-state index in [0.717, 1.165) is 12.2 Å². The number of hydrogen-bond acceptors (Lipinski definition) is 4. The molecule has 0 saturated heterocycles. The predicted octanol–water partition coefficient (Wildman–Crippen LogP) is 2.36. The Labute approximate surface area is 107 Å². The third kappa shape index (κ3) is 21.0. The number of ether oxygens (including phenoxy) is 1. The van der Waals surface area contributed by atoms with E-state index in [-0.39, 0.29) is 11.7 Å². The predicted molar refractivity (Wildman–Crippen MR) is 70.5 cm³/mol. The van der Waals surface area contributed by atoms with Gasteiger partial charge in [0.25, 0.3) is 0 Å². The van der Waals surface area contributed by atoms with Crippen LogP contribution >= 0.6 is 11.8 Å². The Morgan fingerprint density at radius 3 is 2.12 bits per heavy atom. The molecule has 0 aromatic carbocycles. The van der Waals surface area contributed by atoms with Gasteiger partial charge in [0.15, 0.2) is 0 Å². The lowest BCUT2D eigenvalue weighted by molar-refractivity contribution is -0.137. The van der Waals surface area contributed by atoms with Gasteiger partial charge in [-0.3, -0.25) is 4.79 Å². The molecule has 6 heteroatoms. The van der Waals surface area contributed by atoms with Gasteiger partial charge in [-0.05, 0) is 39.2 Å². The van der Waals surface area contributed by atoms with E-state index in [0.29, 0.717) is 6.42 Å². The first-order valence-electron chi connectivity index (χ1n) is 5.34. The Morgan fingerprint density at radius 1 is 1.35 bits per heavy atom. The number of hydrogen-bond donors (Lipinski definition) is 2. The highest BCUT2D eigenvalue weighted by Crippen LogP contribution is 2.05. The number of aliphatic carboxylic acids is 1. The van der Waals surface area contributed by atoms with Crippen LogP contribution in [0.5, 0.6) is 0 Å². The van der Waals surface area contributed by atoms with Crippen molar-refractivity contribution in [2.45, 2.75) is 39.2 Å². The summed E-state index contributed by atoms with van der Waals surface area (Å²) >= 11 is 1.68. The molecule has 0 saturated carbocycles. The second kappa shape index (κ2) is 10.3. The molecule has 1 amide bonds. The first-order chi connectivity index (χ1) is 7.72. The molecule has 0 aliphatic carbocycles. The monoisotopic (exact) mass is 265 g/mol. The number of amides is 1. The molecule has 0 atom stereocenters. The average Bonchev–Trinajstić information content (AvgIpc) is 2.16. The van der Waals surface area contributed by atoms with Crippen molar-refractivity contribution in [3.8, 4) is 0 Å². The van der Waals surface area contributed by atoms with Crippen LogP contribution in [0.3, 0.4) is 0 Å². The molecule has 0 aliphatic rings. The Bertz CT molecular complexity index is 226. The van der Waals surface area contributed by atoms with Crippen LogP contribution in [0.1, 0.15) is 33.6 Å². The minimum atomic E-state index is -0.695. The summed E-state index contributed by atoms with van der Waals surface area (Å²) in [6.45, 7) is 5.46. The van der Waals surface area contributed by atoms with Gasteiger partial charge >= 0.3 is 12.1 Å². The van der Waals surface area contributed by atoms with Crippen LogP contribution in [0.4, 0.5) is 4.79 Å². The van der Waals surface area contributed by atoms with E-state index in [2.05, 4.69) is 5.32 Å². The van der Waals surface area contributed by atoms with Crippen LogP contribution in [-0.4, -0.2) is 41.8 Å². The second-order valence-electron chi connectivity index (χ2n) is 4.24.